The van der Waals surface area contributed by atoms with Crippen LogP contribution < -0.4 is 5.32 Å². The van der Waals surface area contributed by atoms with E-state index in [1.807, 2.05) is 54.4 Å². The summed E-state index contributed by atoms with van der Waals surface area (Å²) in [6.45, 7) is 8.09. The van der Waals surface area contributed by atoms with E-state index in [-0.39, 0.29) is 17.9 Å². The highest BCUT2D eigenvalue weighted by Gasteiger charge is 2.24. The van der Waals surface area contributed by atoms with Crippen LogP contribution in [0.4, 0.5) is 5.69 Å². The van der Waals surface area contributed by atoms with Crippen LogP contribution in [0.2, 0.25) is 0 Å². The normalized spacial score (nSPS) is 16.0. The predicted octanol–water partition coefficient (Wildman–Crippen LogP) is 3.02. The zero-order chi connectivity index (χ0) is 22.2. The Morgan fingerprint density at radius 3 is 2.16 bits per heavy atom. The third-order valence-corrected chi connectivity index (χ3v) is 6.12. The summed E-state index contributed by atoms with van der Waals surface area (Å²) in [5.74, 6) is 0.139. The molecule has 0 unspecified atom stereocenters. The van der Waals surface area contributed by atoms with E-state index in [4.69, 9.17) is 0 Å². The van der Waals surface area contributed by atoms with Crippen molar-refractivity contribution < 1.29 is 9.59 Å². The van der Waals surface area contributed by atoms with Crippen molar-refractivity contribution in [3.63, 3.8) is 0 Å². The number of hydrogen-bond acceptors (Lipinski definition) is 4. The van der Waals surface area contributed by atoms with Gasteiger partial charge in [0.2, 0.25) is 11.8 Å². The molecule has 0 spiro atoms. The van der Waals surface area contributed by atoms with Crippen molar-refractivity contribution in [1.29, 1.82) is 0 Å². The van der Waals surface area contributed by atoms with E-state index in [0.29, 0.717) is 13.1 Å². The topological polar surface area (TPSA) is 55.9 Å². The number of para-hydroxylation sites is 1. The summed E-state index contributed by atoms with van der Waals surface area (Å²) in [6.07, 6.45) is 0.889. The summed E-state index contributed by atoms with van der Waals surface area (Å²) in [4.78, 5) is 31.4. The van der Waals surface area contributed by atoms with E-state index in [2.05, 4.69) is 41.1 Å². The molecular formula is C25H34N4O2. The summed E-state index contributed by atoms with van der Waals surface area (Å²) in [7, 11) is 1.87. The second kappa shape index (κ2) is 11.1. The maximum atomic E-state index is 12.8. The lowest BCUT2D eigenvalue weighted by molar-refractivity contribution is -0.133. The van der Waals surface area contributed by atoms with Crippen LogP contribution in [0.5, 0.6) is 0 Å². The number of hydrogen-bond donors (Lipinski definition) is 1. The molecule has 1 aliphatic rings. The van der Waals surface area contributed by atoms with Gasteiger partial charge in [-0.15, -0.1) is 0 Å². The van der Waals surface area contributed by atoms with Crippen LogP contribution in [0.1, 0.15) is 31.0 Å². The van der Waals surface area contributed by atoms with Gasteiger partial charge in [-0.2, -0.15) is 0 Å². The maximum absolute atomic E-state index is 12.8. The first-order valence-electron chi connectivity index (χ1n) is 11.1. The number of nitrogens with one attached hydrogen (secondary N) is 1. The second-order valence-electron chi connectivity index (χ2n) is 8.20. The molecule has 0 aliphatic carbocycles. The Hall–Kier alpha value is -2.70. The monoisotopic (exact) mass is 422 g/mol. The molecule has 1 atom stereocenters. The summed E-state index contributed by atoms with van der Waals surface area (Å²) >= 11 is 0. The third kappa shape index (κ3) is 6.39. The lowest BCUT2D eigenvalue weighted by Crippen LogP contribution is -2.51. The first kappa shape index (κ1) is 23.0. The van der Waals surface area contributed by atoms with Gasteiger partial charge in [0, 0.05) is 38.9 Å². The van der Waals surface area contributed by atoms with Crippen molar-refractivity contribution in [1.82, 2.24) is 14.7 Å². The van der Waals surface area contributed by atoms with Gasteiger partial charge in [0.25, 0.3) is 0 Å². The minimum Gasteiger partial charge on any atom is -0.338 e. The van der Waals surface area contributed by atoms with Crippen LogP contribution in [-0.2, 0) is 16.0 Å². The smallest absolute Gasteiger partial charge is 0.238 e. The minimum absolute atomic E-state index is 0.0156. The van der Waals surface area contributed by atoms with E-state index >= 15 is 0 Å². The molecule has 31 heavy (non-hydrogen) atoms. The summed E-state index contributed by atoms with van der Waals surface area (Å²) < 4.78 is 0. The van der Waals surface area contributed by atoms with E-state index in [1.165, 1.54) is 0 Å². The Balaban J connectivity index is 1.43. The molecule has 1 fully saturated rings. The average Bonchev–Trinajstić information content (AvgIpc) is 2.80. The molecule has 166 valence electrons. The van der Waals surface area contributed by atoms with Crippen molar-refractivity contribution >= 4 is 17.5 Å². The molecule has 6 heteroatoms. The van der Waals surface area contributed by atoms with Gasteiger partial charge in [-0.05, 0) is 30.5 Å². The number of anilines is 1. The highest BCUT2D eigenvalue weighted by Crippen LogP contribution is 2.19. The van der Waals surface area contributed by atoms with E-state index in [1.54, 1.807) is 0 Å². The molecule has 0 bridgehead atoms. The number of piperazine rings is 1. The molecule has 1 N–H and O–H groups in total. The van der Waals surface area contributed by atoms with Crippen LogP contribution in [0.3, 0.4) is 0 Å². The van der Waals surface area contributed by atoms with Gasteiger partial charge < -0.3 is 10.2 Å². The van der Waals surface area contributed by atoms with E-state index in [0.717, 1.165) is 49.4 Å². The Kier molecular flexibility index (Phi) is 8.20. The molecular weight excluding hydrogens is 388 g/mol. The van der Waals surface area contributed by atoms with Gasteiger partial charge in [0.1, 0.15) is 0 Å². The number of benzene rings is 2. The molecule has 0 saturated carbocycles. The maximum Gasteiger partial charge on any atom is 0.238 e. The van der Waals surface area contributed by atoms with Gasteiger partial charge in [0.05, 0.1) is 19.1 Å². The molecule has 2 aromatic rings. The fraction of sp³-hybridized carbons (Fsp3) is 0.440. The van der Waals surface area contributed by atoms with Crippen molar-refractivity contribution in [3.8, 4) is 0 Å². The molecule has 3 rings (SSSR count). The van der Waals surface area contributed by atoms with Crippen LogP contribution in [0.25, 0.3) is 0 Å². The molecule has 0 aromatic heterocycles. The molecule has 6 nitrogen and oxygen atoms in total. The van der Waals surface area contributed by atoms with Gasteiger partial charge in [-0.25, -0.2) is 0 Å². The quantitative estimate of drug-likeness (QED) is 0.711. The number of likely N-dealkylation sites (N-methyl/N-ethyl adjacent to an activating group) is 1. The first-order valence-corrected chi connectivity index (χ1v) is 11.1. The molecule has 1 aliphatic heterocycles. The van der Waals surface area contributed by atoms with E-state index < -0.39 is 0 Å². The lowest BCUT2D eigenvalue weighted by atomic mass is 10.1. The standard InChI is InChI=1S/C25H34N4O2/c1-4-21-10-8-9-13-23(21)26-24(30)18-28-14-16-29(17-15-28)19-25(31)27(3)20(2)22-11-6-5-7-12-22/h5-13,20H,4,14-19H2,1-3H3,(H,26,30)/t20-/m0/s1. The molecule has 0 radical (unpaired) electrons. The Morgan fingerprint density at radius 1 is 0.935 bits per heavy atom. The van der Waals surface area contributed by atoms with Crippen molar-refractivity contribution in [2.45, 2.75) is 26.3 Å². The Morgan fingerprint density at radius 2 is 1.52 bits per heavy atom. The number of carbonyl (C=O) groups is 2. The molecule has 1 saturated heterocycles. The zero-order valence-electron chi connectivity index (χ0n) is 18.9. The van der Waals surface area contributed by atoms with E-state index in [9.17, 15) is 9.59 Å². The van der Waals surface area contributed by atoms with Gasteiger partial charge in [-0.1, -0.05) is 55.5 Å². The average molecular weight is 423 g/mol. The van der Waals surface area contributed by atoms with Crippen molar-refractivity contribution in [2.75, 3.05) is 51.6 Å². The largest absolute Gasteiger partial charge is 0.338 e. The second-order valence-corrected chi connectivity index (χ2v) is 8.20. The highest BCUT2D eigenvalue weighted by atomic mass is 16.2. The zero-order valence-corrected chi connectivity index (χ0v) is 18.9. The number of amides is 2. The number of carbonyl (C=O) groups excluding carboxylic acids is 2. The molecule has 2 amide bonds. The van der Waals surface area contributed by atoms with Gasteiger partial charge in [0.15, 0.2) is 0 Å². The van der Waals surface area contributed by atoms with Crippen molar-refractivity contribution in [3.05, 3.63) is 65.7 Å². The van der Waals surface area contributed by atoms with Crippen molar-refractivity contribution in [2.24, 2.45) is 0 Å². The third-order valence-electron chi connectivity index (χ3n) is 6.12. The highest BCUT2D eigenvalue weighted by molar-refractivity contribution is 5.93. The summed E-state index contributed by atoms with van der Waals surface area (Å²) in [5, 5.41) is 3.04. The lowest BCUT2D eigenvalue weighted by Gasteiger charge is -2.35. The predicted molar refractivity (Wildman–Crippen MR) is 125 cm³/mol. The van der Waals surface area contributed by atoms with Gasteiger partial charge >= 0.3 is 0 Å². The SMILES string of the molecule is CCc1ccccc1NC(=O)CN1CCN(CC(=O)N(C)[C@@H](C)c2ccccc2)CC1. The van der Waals surface area contributed by atoms with Crippen LogP contribution in [0, 0.1) is 0 Å². The van der Waals surface area contributed by atoms with Crippen LogP contribution in [0.15, 0.2) is 54.6 Å². The number of aryl methyl sites for hydroxylation is 1. The van der Waals surface area contributed by atoms with Crippen LogP contribution in [-0.4, -0.2) is 72.8 Å². The summed E-state index contributed by atoms with van der Waals surface area (Å²) in [6, 6.07) is 18.1. The van der Waals surface area contributed by atoms with Gasteiger partial charge in [-0.3, -0.25) is 19.4 Å². The fourth-order valence-electron chi connectivity index (χ4n) is 3.92. The molecule has 2 aromatic carbocycles. The number of nitrogens with zero attached hydrogens (tertiary/aromatic N) is 3. The van der Waals surface area contributed by atoms with Crippen LogP contribution >= 0.6 is 0 Å². The summed E-state index contributed by atoms with van der Waals surface area (Å²) in [5.41, 5.74) is 3.18. The first-order chi connectivity index (χ1) is 15.0. The number of rotatable bonds is 8. The Bertz CT molecular complexity index is 863. The Labute approximate surface area is 185 Å². The fourth-order valence-corrected chi connectivity index (χ4v) is 3.92. The minimum atomic E-state index is 0.0156. The molecule has 1 heterocycles.